The number of hydrogen-bond donors (Lipinski definition) is 0. The summed E-state index contributed by atoms with van der Waals surface area (Å²) in [6, 6.07) is 1.06. The number of carbonyl (C=O) groups excluding carboxylic acids is 4. The Morgan fingerprint density at radius 1 is 0.620 bits per heavy atom. The van der Waals surface area contributed by atoms with E-state index in [1.165, 1.54) is 0 Å². The van der Waals surface area contributed by atoms with Crippen LogP contribution >= 0.6 is 0 Å². The fourth-order valence-electron chi connectivity index (χ4n) is 9.22. The Kier molecular flexibility index (Phi) is 39.5. The van der Waals surface area contributed by atoms with Crippen molar-refractivity contribution in [1.29, 1.82) is 0 Å². The third-order valence-electron chi connectivity index (χ3n) is 13.6. The Bertz CT molecular complexity index is 1820. The van der Waals surface area contributed by atoms with E-state index in [1.54, 1.807) is 21.0 Å². The fourth-order valence-corrected chi connectivity index (χ4v) is 17.8. The second-order valence-corrected chi connectivity index (χ2v) is 33.3. The summed E-state index contributed by atoms with van der Waals surface area (Å²) in [4.78, 5) is 48.2. The van der Waals surface area contributed by atoms with Crippen molar-refractivity contribution in [3.63, 3.8) is 0 Å². The van der Waals surface area contributed by atoms with Crippen LogP contribution in [0.2, 0.25) is 38.8 Å². The number of ether oxygens (including phenoxy) is 11. The average Bonchev–Trinajstić information content (AvgIpc) is 3.34. The molecular weight excluding hydrogens is 1120 g/mol. The molecule has 4 aliphatic carbocycles. The minimum atomic E-state index is -5.89. The molecule has 0 spiro atoms. The van der Waals surface area contributed by atoms with Gasteiger partial charge in [-0.15, -0.1) is 0 Å². The number of esters is 3. The Hall–Kier alpha value is -0.670. The summed E-state index contributed by atoms with van der Waals surface area (Å²) in [5.74, 6) is -1.93. The van der Waals surface area contributed by atoms with Gasteiger partial charge in [0.15, 0.2) is 26.7 Å². The largest absolute Gasteiger partial charge is 1.00 e. The Morgan fingerprint density at radius 2 is 1.00 bits per heavy atom. The summed E-state index contributed by atoms with van der Waals surface area (Å²) >= 11 is 0. The molecule has 4 saturated carbocycles. The molecule has 4 atom stereocenters. The van der Waals surface area contributed by atoms with Gasteiger partial charge in [-0.3, -0.25) is 14.4 Å². The molecule has 26 heteroatoms. The van der Waals surface area contributed by atoms with E-state index in [-0.39, 0.29) is 113 Å². The van der Waals surface area contributed by atoms with E-state index in [0.29, 0.717) is 125 Å². The smallest absolute Gasteiger partial charge is 0.538 e. The third-order valence-corrected chi connectivity index (χ3v) is 20.8. The molecule has 0 aromatic carbocycles. The maximum atomic E-state index is 12.7. The van der Waals surface area contributed by atoms with Crippen molar-refractivity contribution in [3.8, 4) is 0 Å². The molecule has 4 aliphatic rings. The average molecular weight is 1220 g/mol. The summed E-state index contributed by atoms with van der Waals surface area (Å²) in [6.45, 7) is 32.8. The number of rotatable bonds is 39. The molecule has 460 valence electrons. The zero-order chi connectivity index (χ0) is 59.1. The molecule has 19 nitrogen and oxygen atoms in total. The zero-order valence-electron chi connectivity index (χ0n) is 50.4. The van der Waals surface area contributed by atoms with Crippen LogP contribution in [0.15, 0.2) is 0 Å². The van der Waals surface area contributed by atoms with E-state index in [0.717, 1.165) is 31.7 Å². The molecule has 4 bridgehead atoms. The number of halogens is 3. The van der Waals surface area contributed by atoms with Gasteiger partial charge in [0.2, 0.25) is 0 Å². The minimum absolute atomic E-state index is 0. The summed E-state index contributed by atoms with van der Waals surface area (Å²) in [5.41, 5.74) is -8.56. The first-order valence-corrected chi connectivity index (χ1v) is 35.8. The number of methoxy groups -OCH3 is 1. The molecule has 4 unspecified atom stereocenters. The van der Waals surface area contributed by atoms with Crippen LogP contribution in [-0.2, 0) is 85.4 Å². The van der Waals surface area contributed by atoms with Crippen molar-refractivity contribution < 1.29 is 148 Å². The van der Waals surface area contributed by atoms with Crippen molar-refractivity contribution in [3.05, 3.63) is 4.72 Å². The predicted molar refractivity (Wildman–Crippen MR) is 293 cm³/mol. The van der Waals surface area contributed by atoms with Gasteiger partial charge in [0, 0.05) is 12.5 Å². The minimum Gasteiger partial charge on any atom is -0.538 e. The number of carbonyl (C=O) groups is 4. The Labute approximate surface area is 515 Å². The van der Waals surface area contributed by atoms with Crippen molar-refractivity contribution in [1.82, 2.24) is 0 Å². The summed E-state index contributed by atoms with van der Waals surface area (Å²) < 4.78 is 128. The van der Waals surface area contributed by atoms with Crippen LogP contribution in [0.1, 0.15) is 113 Å². The number of alkyl halides is 3. The van der Waals surface area contributed by atoms with Crippen LogP contribution in [0.3, 0.4) is 0 Å². The molecule has 0 radical (unpaired) electrons. The Morgan fingerprint density at radius 3 is 1.35 bits per heavy atom. The van der Waals surface area contributed by atoms with Crippen LogP contribution in [0.4, 0.5) is 13.2 Å². The van der Waals surface area contributed by atoms with Gasteiger partial charge in [-0.05, 0) is 129 Å². The molecule has 0 heterocycles. The van der Waals surface area contributed by atoms with Crippen molar-refractivity contribution in [2.75, 3.05) is 119 Å². The molecule has 4 fully saturated rings. The van der Waals surface area contributed by atoms with Crippen LogP contribution in [-0.4, -0.2) is 179 Å². The van der Waals surface area contributed by atoms with Crippen LogP contribution in [0.5, 0.6) is 0 Å². The molecule has 4 rings (SSSR count). The number of amides is 1. The van der Waals surface area contributed by atoms with Crippen LogP contribution in [0, 0.1) is 34.5 Å². The van der Waals surface area contributed by atoms with Gasteiger partial charge < -0.3 is 65.7 Å². The van der Waals surface area contributed by atoms with Gasteiger partial charge in [0.25, 0.3) is 0 Å². The summed E-state index contributed by atoms with van der Waals surface area (Å²) in [7, 11) is -7.27. The first kappa shape index (κ1) is 78.3. The van der Waals surface area contributed by atoms with Crippen molar-refractivity contribution in [2.45, 2.75) is 163 Å². The standard InChI is InChI=1S/C22H44O10.C18H26F3NO5S.C13H30O3Si2.K/c1-4-21(2)22(23)32-20-19-31-18-17-30-16-15-29-14-13-28-12-11-27-10-9-26-8-7-25-6-5-24-3;1-4-15(2,3)14(24)27-17-8-11-5-12(9-17)7-16(6-11,10-17)13(23)22-28(25,26)18(19,20)21;1-8-12(2)13(14)15-10-9-11-18(6,7)16-17(3,4)5;/h21H,4-20H2,1-3H3;11-12H,4-10H2,1-3H3,(H,22,23);12H,8-11H2,1-7H3;/q;;;+1/p-1. The fraction of sp³-hybridized carbons (Fsp3) is 0.925. The van der Waals surface area contributed by atoms with Gasteiger partial charge in [0.1, 0.15) is 12.2 Å². The molecule has 79 heavy (non-hydrogen) atoms. The number of sulfonamides is 1. The maximum Gasteiger partial charge on any atom is 1.00 e. The predicted octanol–water partition coefficient (Wildman–Crippen LogP) is 6.42. The molecule has 0 N–H and O–H groups in total. The van der Waals surface area contributed by atoms with Crippen molar-refractivity contribution in [2.24, 2.45) is 34.5 Å². The van der Waals surface area contributed by atoms with E-state index >= 15 is 0 Å². The molecule has 0 saturated heterocycles. The quantitative estimate of drug-likeness (QED) is 0.0280. The monoisotopic (exact) mass is 1220 g/mol. The molecule has 0 aliphatic heterocycles. The second-order valence-electron chi connectivity index (χ2n) is 22.7. The SMILES string of the molecule is CCC(C)(C)C(=O)OC12CC3CC(C1)CC(C(=O)[N-]S(=O)(=O)C(F)(F)F)(C3)C2.CCC(C)C(=O)OCCC[Si](C)(C)O[Si](C)(C)C.CCC(C)C(=O)OCCOCCOCCOCCOCCOCCOCCOCCOC.[K+]. The van der Waals surface area contributed by atoms with E-state index in [1.807, 2.05) is 34.6 Å². The normalized spacial score (nSPS) is 20.6. The zero-order valence-corrected chi connectivity index (χ0v) is 56.4. The summed E-state index contributed by atoms with van der Waals surface area (Å²) in [5, 5.41) is 0. The van der Waals surface area contributed by atoms with E-state index < -0.39 is 60.5 Å². The third kappa shape index (κ3) is 33.0. The number of hydrogen-bond acceptors (Lipinski definition) is 18. The number of nitrogens with zero attached hydrogens (tertiary/aromatic N) is 1. The Balaban J connectivity index is 0.00000119. The van der Waals surface area contributed by atoms with Crippen LogP contribution < -0.4 is 51.4 Å². The van der Waals surface area contributed by atoms with E-state index in [9.17, 15) is 40.8 Å². The van der Waals surface area contributed by atoms with Gasteiger partial charge in [-0.1, -0.05) is 34.6 Å². The molecule has 0 aromatic heterocycles. The first-order valence-electron chi connectivity index (χ1n) is 27.8. The van der Waals surface area contributed by atoms with Gasteiger partial charge >= 0.3 is 74.8 Å². The second kappa shape index (κ2) is 39.8. The van der Waals surface area contributed by atoms with E-state index in [4.69, 9.17) is 56.2 Å². The summed E-state index contributed by atoms with van der Waals surface area (Å²) in [6.07, 6.45) is 5.62. The van der Waals surface area contributed by atoms with Crippen molar-refractivity contribution >= 4 is 50.5 Å². The first-order chi connectivity index (χ1) is 36.4. The van der Waals surface area contributed by atoms with Gasteiger partial charge in [-0.25, -0.2) is 8.42 Å². The maximum absolute atomic E-state index is 12.7. The van der Waals surface area contributed by atoms with Gasteiger partial charge in [0.05, 0.1) is 129 Å². The van der Waals surface area contributed by atoms with Crippen LogP contribution in [0.25, 0.3) is 4.72 Å². The molecular formula is C53H99F3KNO18SSi2. The van der Waals surface area contributed by atoms with E-state index in [2.05, 4.69) is 37.5 Å². The molecule has 1 amide bonds. The van der Waals surface area contributed by atoms with Gasteiger partial charge in [-0.2, -0.15) is 13.2 Å². The topological polar surface area (TPSA) is 227 Å². The molecule has 0 aromatic rings.